The molecule has 1 aromatic rings. The Morgan fingerprint density at radius 1 is 1.15 bits per heavy atom. The molecule has 0 bridgehead atoms. The van der Waals surface area contributed by atoms with E-state index in [1.807, 2.05) is 13.0 Å². The Morgan fingerprint density at radius 2 is 1.79 bits per heavy atom. The fourth-order valence-corrected chi connectivity index (χ4v) is 4.49. The van der Waals surface area contributed by atoms with Crippen molar-refractivity contribution in [3.05, 3.63) is 87.8 Å². The predicted molar refractivity (Wildman–Crippen MR) is 140 cm³/mol. The minimum atomic E-state index is -4.81. The number of fused-ring (bicyclic) bond motifs is 1. The Hall–Kier alpha value is -3.59. The Kier molecular flexibility index (Phi) is 8.95. The van der Waals surface area contributed by atoms with Gasteiger partial charge < -0.3 is 14.4 Å². The van der Waals surface area contributed by atoms with Crippen LogP contribution in [0, 0.1) is 5.92 Å². The molecule has 208 valence electrons. The molecule has 0 saturated carbocycles. The summed E-state index contributed by atoms with van der Waals surface area (Å²) in [4.78, 5) is 39.8. The van der Waals surface area contributed by atoms with E-state index in [2.05, 4.69) is 24.7 Å². The summed E-state index contributed by atoms with van der Waals surface area (Å²) in [5.41, 5.74) is 0.349. The highest BCUT2D eigenvalue weighted by molar-refractivity contribution is 6.49. The zero-order valence-electron chi connectivity index (χ0n) is 22.2. The van der Waals surface area contributed by atoms with Crippen LogP contribution in [0.5, 0.6) is 5.75 Å². The summed E-state index contributed by atoms with van der Waals surface area (Å²) in [6, 6.07) is 5.34. The van der Waals surface area contributed by atoms with Gasteiger partial charge in [0, 0.05) is 36.5 Å². The molecule has 1 aliphatic heterocycles. The zero-order valence-corrected chi connectivity index (χ0v) is 22.9. The van der Waals surface area contributed by atoms with Crippen LogP contribution in [-0.2, 0) is 25.7 Å². The molecule has 0 fully saturated rings. The van der Waals surface area contributed by atoms with Crippen LogP contribution < -0.4 is 4.74 Å². The lowest BCUT2D eigenvalue weighted by Crippen LogP contribution is -2.51. The van der Waals surface area contributed by atoms with E-state index in [0.29, 0.717) is 17.2 Å². The Bertz CT molecular complexity index is 1320. The van der Waals surface area contributed by atoms with Gasteiger partial charge in [-0.05, 0) is 49.6 Å². The SMILES string of the molecule is CC[C@H](C)/C=C(C)/C=C/C1=CC2=C(Cl)C(=O)[C@](C)(OC(C)=O)C(=O)C2=CN1Cc1ccc(OC(F)(F)F)cc1. The van der Waals surface area contributed by atoms with Crippen LogP contribution in [0.15, 0.2) is 82.2 Å². The van der Waals surface area contributed by atoms with Crippen LogP contribution in [0.2, 0.25) is 0 Å². The van der Waals surface area contributed by atoms with Gasteiger partial charge in [-0.3, -0.25) is 14.4 Å². The highest BCUT2D eigenvalue weighted by Crippen LogP contribution is 2.40. The topological polar surface area (TPSA) is 72.9 Å². The van der Waals surface area contributed by atoms with Gasteiger partial charge >= 0.3 is 12.3 Å². The molecule has 0 radical (unpaired) electrons. The molecule has 0 spiro atoms. The van der Waals surface area contributed by atoms with Gasteiger partial charge in [-0.15, -0.1) is 13.2 Å². The first kappa shape index (κ1) is 30.0. The number of nitrogens with zero attached hydrogens (tertiary/aromatic N) is 1. The third kappa shape index (κ3) is 7.09. The number of allylic oxidation sites excluding steroid dienone is 6. The normalized spacial score (nSPS) is 21.1. The third-order valence-electron chi connectivity index (χ3n) is 6.31. The van der Waals surface area contributed by atoms with Crippen molar-refractivity contribution in [3.63, 3.8) is 0 Å². The van der Waals surface area contributed by atoms with Crippen molar-refractivity contribution in [3.8, 4) is 5.75 Å². The van der Waals surface area contributed by atoms with Crippen LogP contribution in [-0.4, -0.2) is 34.4 Å². The quantitative estimate of drug-likeness (QED) is 0.199. The van der Waals surface area contributed by atoms with Crippen molar-refractivity contribution in [1.29, 1.82) is 0 Å². The van der Waals surface area contributed by atoms with Crippen molar-refractivity contribution in [2.24, 2.45) is 5.92 Å². The fraction of sp³-hybridized carbons (Fsp3) is 0.345. The van der Waals surface area contributed by atoms with Crippen molar-refractivity contribution >= 4 is 29.1 Å². The van der Waals surface area contributed by atoms with Crippen LogP contribution in [0.1, 0.15) is 46.6 Å². The highest BCUT2D eigenvalue weighted by atomic mass is 35.5. The second kappa shape index (κ2) is 11.7. The van der Waals surface area contributed by atoms with Crippen molar-refractivity contribution in [2.75, 3.05) is 0 Å². The summed E-state index contributed by atoms with van der Waals surface area (Å²) < 4.78 is 46.7. The molecular weight excluding hydrogens is 535 g/mol. The zero-order chi connectivity index (χ0) is 29.1. The molecule has 0 saturated heterocycles. The Labute approximate surface area is 230 Å². The number of carbonyl (C=O) groups is 3. The first-order chi connectivity index (χ1) is 18.1. The second-order valence-corrected chi connectivity index (χ2v) is 9.95. The van der Waals surface area contributed by atoms with Crippen molar-refractivity contribution in [1.82, 2.24) is 4.90 Å². The first-order valence-electron chi connectivity index (χ1n) is 12.2. The van der Waals surface area contributed by atoms with Gasteiger partial charge in [0.15, 0.2) is 0 Å². The summed E-state index contributed by atoms with van der Waals surface area (Å²) in [7, 11) is 0. The minimum Gasteiger partial charge on any atom is -0.443 e. The summed E-state index contributed by atoms with van der Waals surface area (Å²) in [5.74, 6) is -2.37. The van der Waals surface area contributed by atoms with E-state index in [9.17, 15) is 27.6 Å². The monoisotopic (exact) mass is 563 g/mol. The molecule has 1 aliphatic carbocycles. The average molecular weight is 564 g/mol. The van der Waals surface area contributed by atoms with Gasteiger partial charge in [-0.2, -0.15) is 0 Å². The molecule has 3 rings (SSSR count). The summed E-state index contributed by atoms with van der Waals surface area (Å²) in [5, 5.41) is -0.240. The molecule has 2 atom stereocenters. The summed E-state index contributed by atoms with van der Waals surface area (Å²) in [6.07, 6.45) is 5.04. The van der Waals surface area contributed by atoms with Gasteiger partial charge in [-0.1, -0.05) is 61.7 Å². The van der Waals surface area contributed by atoms with Gasteiger partial charge in [-0.25, -0.2) is 0 Å². The van der Waals surface area contributed by atoms with Crippen LogP contribution in [0.25, 0.3) is 0 Å². The number of benzene rings is 1. The molecule has 1 heterocycles. The number of carbonyl (C=O) groups excluding carboxylic acids is 3. The lowest BCUT2D eigenvalue weighted by Gasteiger charge is -2.35. The van der Waals surface area contributed by atoms with Gasteiger partial charge in [0.2, 0.25) is 17.2 Å². The number of hydrogen-bond donors (Lipinski definition) is 0. The maximum Gasteiger partial charge on any atom is 0.573 e. The number of ketones is 2. The predicted octanol–water partition coefficient (Wildman–Crippen LogP) is 6.68. The number of Topliss-reactive ketones (excluding diaryl/α,β-unsaturated/α-hetero) is 2. The van der Waals surface area contributed by atoms with E-state index in [4.69, 9.17) is 16.3 Å². The molecule has 39 heavy (non-hydrogen) atoms. The minimum absolute atomic E-state index is 0.0735. The van der Waals surface area contributed by atoms with Crippen molar-refractivity contribution < 1.29 is 37.0 Å². The number of esters is 1. The van der Waals surface area contributed by atoms with Gasteiger partial charge in [0.1, 0.15) is 5.75 Å². The molecule has 6 nitrogen and oxygen atoms in total. The van der Waals surface area contributed by atoms with Gasteiger partial charge in [0.25, 0.3) is 0 Å². The Morgan fingerprint density at radius 3 is 2.36 bits per heavy atom. The summed E-state index contributed by atoms with van der Waals surface area (Å²) >= 11 is 6.41. The Balaban J connectivity index is 2.05. The number of hydrogen-bond acceptors (Lipinski definition) is 6. The van der Waals surface area contributed by atoms with Gasteiger partial charge in [0.05, 0.1) is 5.03 Å². The number of rotatable bonds is 8. The highest BCUT2D eigenvalue weighted by Gasteiger charge is 2.52. The first-order valence-corrected chi connectivity index (χ1v) is 12.6. The maximum absolute atomic E-state index is 13.4. The van der Waals surface area contributed by atoms with E-state index in [1.54, 1.807) is 17.1 Å². The van der Waals surface area contributed by atoms with E-state index in [0.717, 1.165) is 18.9 Å². The molecule has 10 heteroatoms. The lowest BCUT2D eigenvalue weighted by atomic mass is 9.79. The van der Waals surface area contributed by atoms with Crippen molar-refractivity contribution in [2.45, 2.75) is 59.5 Å². The molecule has 1 aromatic carbocycles. The van der Waals surface area contributed by atoms with Crippen LogP contribution in [0.4, 0.5) is 13.2 Å². The molecular formula is C29H29ClF3NO5. The second-order valence-electron chi connectivity index (χ2n) is 9.57. The maximum atomic E-state index is 13.4. The van der Waals surface area contributed by atoms with E-state index in [1.165, 1.54) is 37.4 Å². The molecule has 0 unspecified atom stereocenters. The molecule has 0 N–H and O–H groups in total. The number of alkyl halides is 3. The molecule has 0 aromatic heterocycles. The molecule has 2 aliphatic rings. The lowest BCUT2D eigenvalue weighted by molar-refractivity contribution is -0.274. The van der Waals surface area contributed by atoms with E-state index in [-0.39, 0.29) is 28.5 Å². The van der Waals surface area contributed by atoms with Crippen LogP contribution >= 0.6 is 11.6 Å². The van der Waals surface area contributed by atoms with E-state index >= 15 is 0 Å². The smallest absolute Gasteiger partial charge is 0.443 e. The third-order valence-corrected chi connectivity index (χ3v) is 6.69. The fourth-order valence-electron chi connectivity index (χ4n) is 4.16. The van der Waals surface area contributed by atoms with Crippen LogP contribution in [0.3, 0.4) is 0 Å². The number of ether oxygens (including phenoxy) is 2. The largest absolute Gasteiger partial charge is 0.573 e. The standard InChI is InChI=1S/C29H29ClF3NO5/c1-6-17(2)13-18(3)7-10-21-14-23-24(26(36)28(5,38-19(4)35)27(37)25(23)30)16-34(21)15-20-8-11-22(12-9-20)39-29(31,32)33/h7-14,16-17H,6,15H2,1-5H3/b10-7+,18-13+/t17-,28+/m0/s1. The summed E-state index contributed by atoms with van der Waals surface area (Å²) in [6.45, 7) is 8.57. The van der Waals surface area contributed by atoms with E-state index < -0.39 is 29.5 Å². The number of halogens is 4. The molecule has 0 amide bonds. The average Bonchev–Trinajstić information content (AvgIpc) is 2.85.